The van der Waals surface area contributed by atoms with Crippen molar-refractivity contribution in [1.29, 1.82) is 0 Å². The van der Waals surface area contributed by atoms with E-state index in [0.717, 1.165) is 7.05 Å². The first-order valence-electron chi connectivity index (χ1n) is 8.44. The van der Waals surface area contributed by atoms with E-state index in [1.807, 2.05) is 0 Å². The van der Waals surface area contributed by atoms with E-state index in [2.05, 4.69) is 0 Å². The number of Topliss-reactive ketones (excluding diaryl/α,β-unsaturated/α-hetero) is 3. The van der Waals surface area contributed by atoms with Gasteiger partial charge in [0.2, 0.25) is 0 Å². The van der Waals surface area contributed by atoms with Crippen molar-refractivity contribution in [3.63, 3.8) is 0 Å². The van der Waals surface area contributed by atoms with E-state index in [1.165, 1.54) is 19.1 Å². The predicted molar refractivity (Wildman–Crippen MR) is 89.1 cm³/mol. The summed E-state index contributed by atoms with van der Waals surface area (Å²) in [6.45, 7) is 1.48. The minimum absolute atomic E-state index is 0.0583. The van der Waals surface area contributed by atoms with Crippen LogP contribution < -0.4 is 0 Å². The molecule has 2 saturated carbocycles. The zero-order chi connectivity index (χ0) is 19.0. The number of fused-ring (bicyclic) bond motifs is 3. The molecule has 0 radical (unpaired) electrons. The Morgan fingerprint density at radius 2 is 1.65 bits per heavy atom. The number of rotatable bonds is 2. The number of benzene rings is 1. The minimum Gasteiger partial charge on any atom is -0.298 e. The quantitative estimate of drug-likeness (QED) is 0.567. The van der Waals surface area contributed by atoms with Crippen molar-refractivity contribution in [2.75, 3.05) is 7.05 Å². The summed E-state index contributed by atoms with van der Waals surface area (Å²) in [5.74, 6) is -3.87. The van der Waals surface area contributed by atoms with E-state index in [4.69, 9.17) is 0 Å². The van der Waals surface area contributed by atoms with E-state index in [0.29, 0.717) is 23.6 Å². The molecule has 1 aromatic carbocycles. The molecule has 0 saturated heterocycles. The van der Waals surface area contributed by atoms with Crippen LogP contribution >= 0.6 is 0 Å². The SMILES string of the molecule is Cc1c(C(=O)C2C(=O)C3CCC(C3)C2=O)ccc2c1C(=O)N(C)S2(=O)=O. The second kappa shape index (κ2) is 5.33. The summed E-state index contributed by atoms with van der Waals surface area (Å²) in [7, 11) is -2.76. The number of carbonyl (C=O) groups is 4. The monoisotopic (exact) mass is 375 g/mol. The molecule has 2 fully saturated rings. The van der Waals surface area contributed by atoms with Gasteiger partial charge in [-0.3, -0.25) is 19.2 Å². The molecule has 2 unspecified atom stereocenters. The highest BCUT2D eigenvalue weighted by Crippen LogP contribution is 2.42. The fraction of sp³-hybridized carbons (Fsp3) is 0.444. The molecule has 0 spiro atoms. The molecular weight excluding hydrogens is 358 g/mol. The van der Waals surface area contributed by atoms with Gasteiger partial charge in [-0.1, -0.05) is 0 Å². The molecule has 3 aliphatic rings. The van der Waals surface area contributed by atoms with Gasteiger partial charge in [-0.15, -0.1) is 0 Å². The average molecular weight is 375 g/mol. The normalized spacial score (nSPS) is 29.2. The van der Waals surface area contributed by atoms with Crippen LogP contribution in [-0.4, -0.2) is 43.0 Å². The number of carbonyl (C=O) groups excluding carboxylic acids is 4. The number of hydrogen-bond acceptors (Lipinski definition) is 6. The van der Waals surface area contributed by atoms with Gasteiger partial charge in [0.05, 0.1) is 5.56 Å². The van der Waals surface area contributed by atoms with Crippen molar-refractivity contribution in [1.82, 2.24) is 4.31 Å². The molecule has 26 heavy (non-hydrogen) atoms. The molecule has 2 atom stereocenters. The van der Waals surface area contributed by atoms with Crippen LogP contribution in [0, 0.1) is 24.7 Å². The van der Waals surface area contributed by atoms with Crippen LogP contribution in [0.15, 0.2) is 17.0 Å². The van der Waals surface area contributed by atoms with Crippen LogP contribution in [-0.2, 0) is 19.6 Å². The van der Waals surface area contributed by atoms with Gasteiger partial charge in [0.25, 0.3) is 15.9 Å². The number of hydrogen-bond donors (Lipinski definition) is 0. The largest absolute Gasteiger partial charge is 0.298 e. The molecule has 2 aliphatic carbocycles. The third kappa shape index (κ3) is 2.02. The van der Waals surface area contributed by atoms with E-state index < -0.39 is 27.6 Å². The first-order valence-corrected chi connectivity index (χ1v) is 9.88. The van der Waals surface area contributed by atoms with Gasteiger partial charge in [0, 0.05) is 24.4 Å². The smallest absolute Gasteiger partial charge is 0.269 e. The average Bonchev–Trinajstić information content (AvgIpc) is 3.11. The van der Waals surface area contributed by atoms with Gasteiger partial charge in [0.15, 0.2) is 17.3 Å². The van der Waals surface area contributed by atoms with Crippen molar-refractivity contribution in [3.8, 4) is 0 Å². The fourth-order valence-electron chi connectivity index (χ4n) is 4.37. The summed E-state index contributed by atoms with van der Waals surface area (Å²) in [6.07, 6.45) is 1.78. The number of nitrogens with zero attached hydrogens (tertiary/aromatic N) is 1. The van der Waals surface area contributed by atoms with E-state index in [-0.39, 0.29) is 45.0 Å². The lowest BCUT2D eigenvalue weighted by atomic mass is 9.74. The lowest BCUT2D eigenvalue weighted by molar-refractivity contribution is -0.137. The number of amides is 1. The first kappa shape index (κ1) is 17.1. The summed E-state index contributed by atoms with van der Waals surface area (Å²) >= 11 is 0. The summed E-state index contributed by atoms with van der Waals surface area (Å²) < 4.78 is 25.1. The highest BCUT2D eigenvalue weighted by molar-refractivity contribution is 7.90. The highest BCUT2D eigenvalue weighted by atomic mass is 32.2. The maximum Gasteiger partial charge on any atom is 0.269 e. The van der Waals surface area contributed by atoms with Gasteiger partial charge in [-0.2, -0.15) is 0 Å². The molecular formula is C18H17NO6S. The molecule has 2 bridgehead atoms. The molecule has 4 rings (SSSR count). The lowest BCUT2D eigenvalue weighted by Gasteiger charge is -2.24. The zero-order valence-electron chi connectivity index (χ0n) is 14.3. The minimum atomic E-state index is -3.91. The number of sulfonamides is 1. The Kier molecular flexibility index (Phi) is 3.50. The van der Waals surface area contributed by atoms with Gasteiger partial charge in [0.1, 0.15) is 10.8 Å². The van der Waals surface area contributed by atoms with Crippen LogP contribution in [0.5, 0.6) is 0 Å². The Balaban J connectivity index is 1.81. The molecule has 8 heteroatoms. The second-order valence-electron chi connectivity index (χ2n) is 7.20. The molecule has 7 nitrogen and oxygen atoms in total. The van der Waals surface area contributed by atoms with Crippen LogP contribution in [0.4, 0.5) is 0 Å². The van der Waals surface area contributed by atoms with Gasteiger partial charge in [-0.05, 0) is 43.9 Å². The molecule has 1 aliphatic heterocycles. The third-order valence-electron chi connectivity index (χ3n) is 5.90. The van der Waals surface area contributed by atoms with Crippen molar-refractivity contribution in [2.45, 2.75) is 31.1 Å². The van der Waals surface area contributed by atoms with Crippen molar-refractivity contribution in [3.05, 3.63) is 28.8 Å². The van der Waals surface area contributed by atoms with Crippen LogP contribution in [0.1, 0.15) is 45.5 Å². The van der Waals surface area contributed by atoms with Crippen LogP contribution in [0.3, 0.4) is 0 Å². The molecule has 0 aromatic heterocycles. The molecule has 1 aromatic rings. The summed E-state index contributed by atoms with van der Waals surface area (Å²) in [4.78, 5) is 50.3. The van der Waals surface area contributed by atoms with Crippen molar-refractivity contribution in [2.24, 2.45) is 17.8 Å². The first-order chi connectivity index (χ1) is 12.2. The van der Waals surface area contributed by atoms with Crippen molar-refractivity contribution < 1.29 is 27.6 Å². The standard InChI is InChI=1S/C18H17NO6S/c1-8-11(5-6-12-13(8)18(23)19(2)26(12,24)25)17(22)14-15(20)9-3-4-10(7-9)16(14)21/h5-6,9-10,14H,3-4,7H2,1-2H3. The second-order valence-corrected chi connectivity index (χ2v) is 9.14. The Morgan fingerprint density at radius 1 is 1.08 bits per heavy atom. The fourth-order valence-corrected chi connectivity index (χ4v) is 5.72. The Hall–Kier alpha value is -2.35. The van der Waals surface area contributed by atoms with Gasteiger partial charge >= 0.3 is 0 Å². The molecule has 136 valence electrons. The highest BCUT2D eigenvalue weighted by Gasteiger charge is 2.50. The summed E-state index contributed by atoms with van der Waals surface area (Å²) in [6, 6.07) is 2.51. The van der Waals surface area contributed by atoms with Gasteiger partial charge in [-0.25, -0.2) is 12.7 Å². The molecule has 1 amide bonds. The summed E-state index contributed by atoms with van der Waals surface area (Å²) in [5.41, 5.74) is 0.205. The van der Waals surface area contributed by atoms with Crippen LogP contribution in [0.25, 0.3) is 0 Å². The molecule has 1 heterocycles. The van der Waals surface area contributed by atoms with E-state index in [9.17, 15) is 27.6 Å². The zero-order valence-corrected chi connectivity index (χ0v) is 15.1. The van der Waals surface area contributed by atoms with Crippen molar-refractivity contribution >= 4 is 33.3 Å². The van der Waals surface area contributed by atoms with E-state index in [1.54, 1.807) is 0 Å². The van der Waals surface area contributed by atoms with Crippen LogP contribution in [0.2, 0.25) is 0 Å². The van der Waals surface area contributed by atoms with E-state index >= 15 is 0 Å². The maximum atomic E-state index is 13.0. The topological polar surface area (TPSA) is 106 Å². The summed E-state index contributed by atoms with van der Waals surface area (Å²) in [5, 5.41) is 0. The lowest BCUT2D eigenvalue weighted by Crippen LogP contribution is -2.41. The predicted octanol–water partition coefficient (Wildman–Crippen LogP) is 1.14. The molecule has 0 N–H and O–H groups in total. The van der Waals surface area contributed by atoms with Gasteiger partial charge < -0.3 is 0 Å². The third-order valence-corrected chi connectivity index (χ3v) is 7.68. The Labute approximate surface area is 150 Å². The Bertz CT molecular complexity index is 987. The number of ketones is 3. The maximum absolute atomic E-state index is 13.0. The Morgan fingerprint density at radius 3 is 2.23 bits per heavy atom.